The molecule has 10 rings (SSSR count). The highest BCUT2D eigenvalue weighted by atomic mass is 32.1. The molecule has 0 aliphatic rings. The molecule has 2 aromatic heterocycles. The zero-order valence-electron chi connectivity index (χ0n) is 26.3. The Morgan fingerprint density at radius 3 is 1.86 bits per heavy atom. The van der Waals surface area contributed by atoms with E-state index in [2.05, 4.69) is 146 Å². The maximum absolute atomic E-state index is 5.18. The number of benzene rings is 8. The van der Waals surface area contributed by atoms with Gasteiger partial charge in [0.25, 0.3) is 0 Å². The molecule has 0 fully saturated rings. The van der Waals surface area contributed by atoms with Gasteiger partial charge >= 0.3 is 0 Å². The molecule has 0 saturated heterocycles. The topological polar surface area (TPSA) is 38.7 Å². The van der Waals surface area contributed by atoms with Crippen LogP contribution in [0.5, 0.6) is 0 Å². The first-order valence-corrected chi connectivity index (χ1v) is 17.3. The molecule has 49 heavy (non-hydrogen) atoms. The summed E-state index contributed by atoms with van der Waals surface area (Å²) in [5.74, 6) is 1.96. The van der Waals surface area contributed by atoms with Crippen LogP contribution in [0, 0.1) is 0 Å². The van der Waals surface area contributed by atoms with Crippen molar-refractivity contribution in [1.29, 1.82) is 0 Å². The number of hydrogen-bond donors (Lipinski definition) is 0. The van der Waals surface area contributed by atoms with Crippen LogP contribution in [0.15, 0.2) is 164 Å². The van der Waals surface area contributed by atoms with E-state index in [1.165, 1.54) is 52.7 Å². The van der Waals surface area contributed by atoms with Gasteiger partial charge in [-0.3, -0.25) is 0 Å². The van der Waals surface area contributed by atoms with Crippen molar-refractivity contribution in [1.82, 2.24) is 15.0 Å². The van der Waals surface area contributed by atoms with Crippen molar-refractivity contribution >= 4 is 63.8 Å². The summed E-state index contributed by atoms with van der Waals surface area (Å²) in [7, 11) is 0. The van der Waals surface area contributed by atoms with Crippen molar-refractivity contribution in [2.45, 2.75) is 0 Å². The Morgan fingerprint density at radius 2 is 0.980 bits per heavy atom. The van der Waals surface area contributed by atoms with Crippen LogP contribution in [-0.2, 0) is 0 Å². The first kappa shape index (κ1) is 27.8. The van der Waals surface area contributed by atoms with Gasteiger partial charge in [-0.25, -0.2) is 15.0 Å². The van der Waals surface area contributed by atoms with Gasteiger partial charge in [-0.15, -0.1) is 11.3 Å². The Morgan fingerprint density at radius 1 is 0.327 bits per heavy atom. The van der Waals surface area contributed by atoms with Crippen molar-refractivity contribution in [2.24, 2.45) is 0 Å². The molecule has 0 atom stereocenters. The van der Waals surface area contributed by atoms with E-state index in [9.17, 15) is 0 Å². The van der Waals surface area contributed by atoms with E-state index >= 15 is 0 Å². The normalized spacial score (nSPS) is 11.7. The van der Waals surface area contributed by atoms with Gasteiger partial charge < -0.3 is 0 Å². The second kappa shape index (κ2) is 11.2. The first-order chi connectivity index (χ1) is 24.3. The van der Waals surface area contributed by atoms with Crippen LogP contribution in [0.25, 0.3) is 97.8 Å². The molecule has 0 radical (unpaired) electrons. The van der Waals surface area contributed by atoms with Crippen LogP contribution < -0.4 is 0 Å². The van der Waals surface area contributed by atoms with E-state index in [0.717, 1.165) is 27.6 Å². The molecule has 2 heterocycles. The summed E-state index contributed by atoms with van der Waals surface area (Å²) >= 11 is 1.85. The fourth-order valence-electron chi connectivity index (χ4n) is 7.13. The summed E-state index contributed by atoms with van der Waals surface area (Å²) < 4.78 is 2.55. The largest absolute Gasteiger partial charge is 0.208 e. The summed E-state index contributed by atoms with van der Waals surface area (Å²) in [5, 5.41) is 9.94. The highest BCUT2D eigenvalue weighted by Gasteiger charge is 2.19. The van der Waals surface area contributed by atoms with Gasteiger partial charge in [0.05, 0.1) is 0 Å². The zero-order chi connectivity index (χ0) is 32.3. The standard InChI is InChI=1S/C45H27N3S/c1-2-13-30(14-3-1)43-46-44(33-24-21-28-11-4-5-15-31(28)25-33)48-45(47-43)37-18-9-8-17-35(37)36-19-10-20-40-42(36)39-27-38-32(26-41(39)49-40)23-22-29-12-6-7-16-34(29)38/h1-27H. The maximum Gasteiger partial charge on any atom is 0.164 e. The molecular formula is C45H27N3S. The lowest BCUT2D eigenvalue weighted by atomic mass is 9.93. The number of fused-ring (bicyclic) bond motifs is 7. The van der Waals surface area contributed by atoms with E-state index in [-0.39, 0.29) is 0 Å². The van der Waals surface area contributed by atoms with Crippen molar-refractivity contribution in [2.75, 3.05) is 0 Å². The van der Waals surface area contributed by atoms with Crippen molar-refractivity contribution in [3.8, 4) is 45.3 Å². The van der Waals surface area contributed by atoms with Gasteiger partial charge in [0.15, 0.2) is 17.5 Å². The number of hydrogen-bond acceptors (Lipinski definition) is 4. The lowest BCUT2D eigenvalue weighted by molar-refractivity contribution is 1.07. The minimum atomic E-state index is 0.653. The molecule has 0 bridgehead atoms. The third-order valence-electron chi connectivity index (χ3n) is 9.49. The molecule has 0 N–H and O–H groups in total. The van der Waals surface area contributed by atoms with Crippen LogP contribution in [0.4, 0.5) is 0 Å². The maximum atomic E-state index is 5.18. The second-order valence-corrected chi connectivity index (χ2v) is 13.5. The zero-order valence-corrected chi connectivity index (χ0v) is 27.2. The predicted molar refractivity (Wildman–Crippen MR) is 207 cm³/mol. The van der Waals surface area contributed by atoms with Crippen LogP contribution in [0.2, 0.25) is 0 Å². The molecule has 0 aliphatic heterocycles. The monoisotopic (exact) mass is 641 g/mol. The highest BCUT2D eigenvalue weighted by Crippen LogP contribution is 2.44. The smallest absolute Gasteiger partial charge is 0.164 e. The molecule has 4 heteroatoms. The third-order valence-corrected chi connectivity index (χ3v) is 10.6. The van der Waals surface area contributed by atoms with E-state index in [0.29, 0.717) is 17.5 Å². The lowest BCUT2D eigenvalue weighted by Crippen LogP contribution is -2.01. The van der Waals surface area contributed by atoms with E-state index < -0.39 is 0 Å². The Hall–Kier alpha value is -6.23. The lowest BCUT2D eigenvalue weighted by Gasteiger charge is -2.13. The molecule has 10 aromatic rings. The molecule has 0 saturated carbocycles. The number of thiophene rings is 1. The van der Waals surface area contributed by atoms with Gasteiger partial charge in [0, 0.05) is 36.9 Å². The Balaban J connectivity index is 1.21. The van der Waals surface area contributed by atoms with Gasteiger partial charge in [-0.2, -0.15) is 0 Å². The summed E-state index contributed by atoms with van der Waals surface area (Å²) in [4.78, 5) is 15.3. The fourth-order valence-corrected chi connectivity index (χ4v) is 8.30. The molecule has 0 spiro atoms. The third kappa shape index (κ3) is 4.68. The average molecular weight is 642 g/mol. The van der Waals surface area contributed by atoms with Crippen LogP contribution >= 0.6 is 11.3 Å². The predicted octanol–water partition coefficient (Wildman–Crippen LogP) is 12.4. The number of rotatable bonds is 4. The van der Waals surface area contributed by atoms with Crippen molar-refractivity contribution in [3.05, 3.63) is 164 Å². The van der Waals surface area contributed by atoms with Gasteiger partial charge in [-0.05, 0) is 67.7 Å². The quantitative estimate of drug-likeness (QED) is 0.180. The first-order valence-electron chi connectivity index (χ1n) is 16.4. The van der Waals surface area contributed by atoms with E-state index in [1.807, 2.05) is 29.5 Å². The second-order valence-electron chi connectivity index (χ2n) is 12.4. The summed E-state index contributed by atoms with van der Waals surface area (Å²) in [6, 6.07) is 58.0. The van der Waals surface area contributed by atoms with Gasteiger partial charge in [0.2, 0.25) is 0 Å². The van der Waals surface area contributed by atoms with Gasteiger partial charge in [0.1, 0.15) is 0 Å². The summed E-state index contributed by atoms with van der Waals surface area (Å²) in [6.45, 7) is 0. The Bertz CT molecular complexity index is 2890. The number of nitrogens with zero attached hydrogens (tertiary/aromatic N) is 3. The summed E-state index contributed by atoms with van der Waals surface area (Å²) in [5.41, 5.74) is 5.16. The van der Waals surface area contributed by atoms with Crippen LogP contribution in [-0.4, -0.2) is 15.0 Å². The van der Waals surface area contributed by atoms with Crippen LogP contribution in [0.1, 0.15) is 0 Å². The molecule has 0 unspecified atom stereocenters. The molecule has 0 amide bonds. The fraction of sp³-hybridized carbons (Fsp3) is 0. The van der Waals surface area contributed by atoms with Crippen LogP contribution in [0.3, 0.4) is 0 Å². The van der Waals surface area contributed by atoms with Crippen molar-refractivity contribution in [3.63, 3.8) is 0 Å². The van der Waals surface area contributed by atoms with Crippen molar-refractivity contribution < 1.29 is 0 Å². The molecule has 228 valence electrons. The van der Waals surface area contributed by atoms with E-state index in [1.54, 1.807) is 0 Å². The Labute approximate surface area is 286 Å². The van der Waals surface area contributed by atoms with Gasteiger partial charge in [-0.1, -0.05) is 140 Å². The Kier molecular flexibility index (Phi) is 6.36. The SMILES string of the molecule is c1ccc(-c2nc(-c3ccc4ccccc4c3)nc(-c3ccccc3-c3cccc4sc5cc6ccc7ccccc7c6cc5c34)n2)cc1. The van der Waals surface area contributed by atoms with E-state index in [4.69, 9.17) is 15.0 Å². The molecular weight excluding hydrogens is 615 g/mol. The molecule has 0 aliphatic carbocycles. The minimum absolute atomic E-state index is 0.653. The minimum Gasteiger partial charge on any atom is -0.208 e. The highest BCUT2D eigenvalue weighted by molar-refractivity contribution is 7.26. The molecule has 8 aromatic carbocycles. The number of aromatic nitrogens is 3. The summed E-state index contributed by atoms with van der Waals surface area (Å²) in [6.07, 6.45) is 0. The molecule has 3 nitrogen and oxygen atoms in total. The average Bonchev–Trinajstić information content (AvgIpc) is 3.54.